The van der Waals surface area contributed by atoms with Gasteiger partial charge < -0.3 is 4.74 Å². The van der Waals surface area contributed by atoms with Crippen LogP contribution in [0, 0.1) is 0 Å². The van der Waals surface area contributed by atoms with Gasteiger partial charge in [0.1, 0.15) is 10.8 Å². The highest BCUT2D eigenvalue weighted by Gasteiger charge is 2.28. The summed E-state index contributed by atoms with van der Waals surface area (Å²) in [6, 6.07) is 22.7. The van der Waals surface area contributed by atoms with E-state index in [9.17, 15) is 9.59 Å². The quantitative estimate of drug-likeness (QED) is 0.320. The molecule has 0 saturated heterocycles. The molecule has 1 aliphatic heterocycles. The Balaban J connectivity index is 1.45. The number of carbonyl (C=O) groups excluding carboxylic acids is 2. The molecule has 1 amide bonds. The minimum atomic E-state index is -0.247. The topological polar surface area (TPSA) is 59.5 Å². The summed E-state index contributed by atoms with van der Waals surface area (Å²) in [4.78, 5) is 31.7. The normalized spacial score (nSPS) is 12.9. The fourth-order valence-electron chi connectivity index (χ4n) is 3.53. The first-order valence-electron chi connectivity index (χ1n) is 9.96. The van der Waals surface area contributed by atoms with E-state index < -0.39 is 0 Å². The Hall–Kier alpha value is -3.29. The van der Waals surface area contributed by atoms with E-state index in [2.05, 4.69) is 15.9 Å². The number of amides is 1. The summed E-state index contributed by atoms with van der Waals surface area (Å²) in [5.74, 6) is 0.197. The monoisotopic (exact) mass is 504 g/mol. The molecule has 0 saturated carbocycles. The number of hydrogen-bond donors (Lipinski definition) is 0. The molecule has 0 spiro atoms. The molecule has 4 aromatic rings. The molecular weight excluding hydrogens is 488 g/mol. The predicted molar refractivity (Wildman–Crippen MR) is 129 cm³/mol. The first kappa shape index (κ1) is 20.6. The number of benzene rings is 3. The van der Waals surface area contributed by atoms with Crippen molar-refractivity contribution in [2.75, 3.05) is 18.1 Å². The maximum Gasteiger partial charge on any atom is 0.265 e. The molecule has 0 bridgehead atoms. The average molecular weight is 505 g/mol. The van der Waals surface area contributed by atoms with E-state index in [0.29, 0.717) is 17.0 Å². The molecule has 0 N–H and O–H groups in total. The Bertz CT molecular complexity index is 1300. The number of nitrogens with zero attached hydrogens (tertiary/aromatic N) is 2. The lowest BCUT2D eigenvalue weighted by Gasteiger charge is -2.29. The summed E-state index contributed by atoms with van der Waals surface area (Å²) >= 11 is 4.94. The van der Waals surface area contributed by atoms with Gasteiger partial charge in [-0.3, -0.25) is 14.5 Å². The summed E-state index contributed by atoms with van der Waals surface area (Å²) < 4.78 is 6.50. The van der Waals surface area contributed by atoms with E-state index in [-0.39, 0.29) is 24.8 Å². The molecule has 2 heterocycles. The molecule has 158 valence electrons. The number of fused-ring (bicyclic) bond motifs is 1. The molecule has 7 heteroatoms. The minimum absolute atomic E-state index is 0.0490. The zero-order valence-corrected chi connectivity index (χ0v) is 19.2. The molecule has 0 fully saturated rings. The Labute approximate surface area is 197 Å². The molecule has 5 rings (SSSR count). The molecule has 0 unspecified atom stereocenters. The standard InChI is InChI=1S/C25H17BrN2O3S/c26-19-9-6-16(7-10-19)22(29)13-28-21-12-18(8-11-23(21)31-14-24(28)30)20-15-32-25(27-20)17-4-2-1-3-5-17/h1-12,15H,13-14H2. The summed E-state index contributed by atoms with van der Waals surface area (Å²) in [7, 11) is 0. The van der Waals surface area contributed by atoms with Gasteiger partial charge in [0.15, 0.2) is 12.4 Å². The number of anilines is 1. The van der Waals surface area contributed by atoms with Crippen LogP contribution in [0.25, 0.3) is 21.8 Å². The second-order valence-electron chi connectivity index (χ2n) is 7.29. The third kappa shape index (κ3) is 4.09. The maximum atomic E-state index is 12.8. The fraction of sp³-hybridized carbons (Fsp3) is 0.0800. The maximum absolute atomic E-state index is 12.8. The second kappa shape index (κ2) is 8.68. The molecular formula is C25H17BrN2O3S. The van der Waals surface area contributed by atoms with E-state index in [4.69, 9.17) is 9.72 Å². The number of thiazole rings is 1. The number of rotatable bonds is 5. The molecule has 3 aromatic carbocycles. The van der Waals surface area contributed by atoms with Crippen LogP contribution in [0.3, 0.4) is 0 Å². The van der Waals surface area contributed by atoms with E-state index in [1.54, 1.807) is 23.5 Å². The van der Waals surface area contributed by atoms with E-state index in [1.807, 2.05) is 66.0 Å². The lowest BCUT2D eigenvalue weighted by atomic mass is 10.1. The van der Waals surface area contributed by atoms with Gasteiger partial charge in [0, 0.05) is 26.5 Å². The second-order valence-corrected chi connectivity index (χ2v) is 9.06. The van der Waals surface area contributed by atoms with Gasteiger partial charge in [0.25, 0.3) is 5.91 Å². The van der Waals surface area contributed by atoms with Crippen molar-refractivity contribution in [3.63, 3.8) is 0 Å². The largest absolute Gasteiger partial charge is 0.482 e. The van der Waals surface area contributed by atoms with Crippen LogP contribution in [-0.2, 0) is 4.79 Å². The summed E-state index contributed by atoms with van der Waals surface area (Å²) in [6.07, 6.45) is 0. The third-order valence-electron chi connectivity index (χ3n) is 5.19. The lowest BCUT2D eigenvalue weighted by Crippen LogP contribution is -2.42. The van der Waals surface area contributed by atoms with Crippen LogP contribution in [0.15, 0.2) is 82.6 Å². The van der Waals surface area contributed by atoms with Crippen LogP contribution in [0.2, 0.25) is 0 Å². The van der Waals surface area contributed by atoms with Crippen LogP contribution in [0.4, 0.5) is 5.69 Å². The van der Waals surface area contributed by atoms with E-state index >= 15 is 0 Å². The van der Waals surface area contributed by atoms with Gasteiger partial charge in [-0.25, -0.2) is 4.98 Å². The van der Waals surface area contributed by atoms with Gasteiger partial charge in [-0.15, -0.1) is 11.3 Å². The van der Waals surface area contributed by atoms with Crippen molar-refractivity contribution in [1.82, 2.24) is 4.98 Å². The van der Waals surface area contributed by atoms with E-state index in [1.165, 1.54) is 4.90 Å². The first-order chi connectivity index (χ1) is 15.6. The first-order valence-corrected chi connectivity index (χ1v) is 11.6. The number of halogens is 1. The number of ether oxygens (including phenoxy) is 1. The number of carbonyl (C=O) groups is 2. The van der Waals surface area contributed by atoms with Gasteiger partial charge in [-0.1, -0.05) is 58.4 Å². The van der Waals surface area contributed by atoms with E-state index in [0.717, 1.165) is 26.3 Å². The van der Waals surface area contributed by atoms with Crippen molar-refractivity contribution in [3.8, 4) is 27.6 Å². The minimum Gasteiger partial charge on any atom is -0.482 e. The van der Waals surface area contributed by atoms with Crippen LogP contribution >= 0.6 is 27.3 Å². The summed E-state index contributed by atoms with van der Waals surface area (Å²) in [5.41, 5.74) is 3.87. The van der Waals surface area contributed by atoms with Crippen molar-refractivity contribution in [1.29, 1.82) is 0 Å². The highest BCUT2D eigenvalue weighted by molar-refractivity contribution is 9.10. The van der Waals surface area contributed by atoms with Crippen LogP contribution in [-0.4, -0.2) is 29.8 Å². The fourth-order valence-corrected chi connectivity index (χ4v) is 4.62. The van der Waals surface area contributed by atoms with Crippen LogP contribution in [0.1, 0.15) is 10.4 Å². The SMILES string of the molecule is O=C(CN1C(=O)COc2ccc(-c3csc(-c4ccccc4)n3)cc21)c1ccc(Br)cc1. The highest BCUT2D eigenvalue weighted by atomic mass is 79.9. The van der Waals surface area contributed by atoms with Crippen molar-refractivity contribution in [2.24, 2.45) is 0 Å². The Kier molecular flexibility index (Phi) is 5.59. The Morgan fingerprint density at radius 1 is 1.03 bits per heavy atom. The van der Waals surface area contributed by atoms with Crippen molar-refractivity contribution in [2.45, 2.75) is 0 Å². The smallest absolute Gasteiger partial charge is 0.265 e. The van der Waals surface area contributed by atoms with Crippen molar-refractivity contribution in [3.05, 3.63) is 88.2 Å². The van der Waals surface area contributed by atoms with Gasteiger partial charge in [0.05, 0.1) is 17.9 Å². The molecule has 0 atom stereocenters. The van der Waals surface area contributed by atoms with Gasteiger partial charge in [-0.05, 0) is 30.3 Å². The molecule has 0 radical (unpaired) electrons. The number of Topliss-reactive ketones (excluding diaryl/α,β-unsaturated/α-hetero) is 1. The molecule has 32 heavy (non-hydrogen) atoms. The lowest BCUT2D eigenvalue weighted by molar-refractivity contribution is -0.121. The van der Waals surface area contributed by atoms with Crippen LogP contribution in [0.5, 0.6) is 5.75 Å². The predicted octanol–water partition coefficient (Wildman–Crippen LogP) is 5.85. The van der Waals surface area contributed by atoms with Gasteiger partial charge in [-0.2, -0.15) is 0 Å². The zero-order chi connectivity index (χ0) is 22.1. The van der Waals surface area contributed by atoms with Crippen molar-refractivity contribution >= 4 is 44.6 Å². The number of ketones is 1. The van der Waals surface area contributed by atoms with Crippen LogP contribution < -0.4 is 9.64 Å². The molecule has 0 aliphatic carbocycles. The molecule has 1 aliphatic rings. The van der Waals surface area contributed by atoms with Crippen molar-refractivity contribution < 1.29 is 14.3 Å². The van der Waals surface area contributed by atoms with Gasteiger partial charge >= 0.3 is 0 Å². The molecule has 1 aromatic heterocycles. The molecule has 5 nitrogen and oxygen atoms in total. The number of hydrogen-bond acceptors (Lipinski definition) is 5. The third-order valence-corrected chi connectivity index (χ3v) is 6.61. The highest BCUT2D eigenvalue weighted by Crippen LogP contribution is 2.37. The number of aromatic nitrogens is 1. The Morgan fingerprint density at radius 3 is 2.59 bits per heavy atom. The summed E-state index contributed by atoms with van der Waals surface area (Å²) in [6.45, 7) is -0.137. The van der Waals surface area contributed by atoms with Gasteiger partial charge in [0.2, 0.25) is 0 Å². The Morgan fingerprint density at radius 2 is 1.81 bits per heavy atom. The zero-order valence-electron chi connectivity index (χ0n) is 16.8. The summed E-state index contributed by atoms with van der Waals surface area (Å²) in [5, 5.41) is 2.92. The average Bonchev–Trinajstić information content (AvgIpc) is 3.32.